The number of halogens is 1. The van der Waals surface area contributed by atoms with E-state index in [4.69, 9.17) is 9.47 Å². The van der Waals surface area contributed by atoms with E-state index < -0.39 is 0 Å². The molecule has 0 aromatic heterocycles. The first-order valence-electron chi connectivity index (χ1n) is 10.4. The Balaban J connectivity index is 0.00000392. The van der Waals surface area contributed by atoms with Crippen LogP contribution in [0, 0.1) is 5.41 Å². The maximum absolute atomic E-state index is 11.6. The summed E-state index contributed by atoms with van der Waals surface area (Å²) in [5.41, 5.74) is 0.0954. The van der Waals surface area contributed by atoms with Gasteiger partial charge in [0.05, 0.1) is 13.2 Å². The van der Waals surface area contributed by atoms with Crippen LogP contribution in [0.2, 0.25) is 0 Å². The van der Waals surface area contributed by atoms with Crippen LogP contribution in [0.3, 0.4) is 0 Å². The molecular weight excluding hydrogens is 471 g/mol. The lowest BCUT2D eigenvalue weighted by Gasteiger charge is -2.52. The number of piperidine rings is 1. The van der Waals surface area contributed by atoms with Crippen molar-refractivity contribution in [2.24, 2.45) is 10.4 Å². The molecule has 0 radical (unpaired) electrons. The lowest BCUT2D eigenvalue weighted by atomic mass is 9.64. The van der Waals surface area contributed by atoms with Crippen molar-refractivity contribution in [2.75, 3.05) is 33.4 Å². The lowest BCUT2D eigenvalue weighted by Crippen LogP contribution is -2.64. The highest BCUT2D eigenvalue weighted by molar-refractivity contribution is 14.0. The number of hydrogen-bond acceptors (Lipinski definition) is 4. The van der Waals surface area contributed by atoms with E-state index in [0.29, 0.717) is 31.3 Å². The zero-order valence-electron chi connectivity index (χ0n) is 18.1. The second kappa shape index (κ2) is 12.0. The summed E-state index contributed by atoms with van der Waals surface area (Å²) in [6.45, 7) is 11.8. The normalized spacial score (nSPS) is 24.8. The maximum Gasteiger partial charge on any atom is 0.409 e. The number of guanidine groups is 1. The van der Waals surface area contributed by atoms with E-state index in [0.717, 1.165) is 44.8 Å². The van der Waals surface area contributed by atoms with E-state index in [1.54, 1.807) is 4.90 Å². The number of amides is 1. The quantitative estimate of drug-likeness (QED) is 0.238. The van der Waals surface area contributed by atoms with Crippen molar-refractivity contribution < 1.29 is 14.3 Å². The fraction of sp³-hybridized carbons (Fsp3) is 0.900. The minimum atomic E-state index is -0.237. The summed E-state index contributed by atoms with van der Waals surface area (Å²) >= 11 is 0. The molecule has 2 N–H and O–H groups in total. The van der Waals surface area contributed by atoms with Gasteiger partial charge in [0.1, 0.15) is 0 Å². The summed E-state index contributed by atoms with van der Waals surface area (Å²) in [6.07, 6.45) is 5.18. The number of nitrogens with zero attached hydrogens (tertiary/aromatic N) is 2. The Bertz CT molecular complexity index is 508. The molecule has 1 aliphatic heterocycles. The first-order chi connectivity index (χ1) is 12.9. The monoisotopic (exact) mass is 510 g/mol. The van der Waals surface area contributed by atoms with Gasteiger partial charge in [-0.05, 0) is 32.6 Å². The highest BCUT2D eigenvalue weighted by Crippen LogP contribution is 2.42. The number of nitrogens with one attached hydrogen (secondary N) is 2. The van der Waals surface area contributed by atoms with Crippen LogP contribution < -0.4 is 10.6 Å². The van der Waals surface area contributed by atoms with Crippen LogP contribution in [-0.4, -0.2) is 68.5 Å². The van der Waals surface area contributed by atoms with Gasteiger partial charge >= 0.3 is 6.09 Å². The van der Waals surface area contributed by atoms with Gasteiger partial charge < -0.3 is 25.0 Å². The predicted molar refractivity (Wildman–Crippen MR) is 123 cm³/mol. The molecule has 0 spiro atoms. The van der Waals surface area contributed by atoms with Crippen molar-refractivity contribution in [2.45, 2.75) is 78.0 Å². The molecule has 0 bridgehead atoms. The molecule has 2 fully saturated rings. The number of ether oxygens (including phenoxy) is 2. The second-order valence-electron chi connectivity index (χ2n) is 8.17. The van der Waals surface area contributed by atoms with Crippen LogP contribution in [-0.2, 0) is 9.47 Å². The topological polar surface area (TPSA) is 75.2 Å². The van der Waals surface area contributed by atoms with Gasteiger partial charge in [0.2, 0.25) is 0 Å². The number of unbranched alkanes of at least 4 members (excludes halogenated alkanes) is 1. The zero-order chi connectivity index (χ0) is 19.9. The predicted octanol–water partition coefficient (Wildman–Crippen LogP) is 3.37. The third-order valence-corrected chi connectivity index (χ3v) is 5.89. The Labute approximate surface area is 187 Å². The molecule has 2 aliphatic rings. The van der Waals surface area contributed by atoms with Gasteiger partial charge in [-0.25, -0.2) is 4.79 Å². The molecule has 2 rings (SSSR count). The third-order valence-electron chi connectivity index (χ3n) is 5.89. The first-order valence-corrected chi connectivity index (χ1v) is 10.4. The number of rotatable bonds is 7. The molecule has 164 valence electrons. The van der Waals surface area contributed by atoms with Gasteiger partial charge in [-0.3, -0.25) is 4.99 Å². The Kier molecular flexibility index (Phi) is 10.9. The van der Waals surface area contributed by atoms with E-state index in [1.165, 1.54) is 13.5 Å². The number of carbonyl (C=O) groups is 1. The molecule has 1 heterocycles. The molecule has 2 unspecified atom stereocenters. The molecule has 28 heavy (non-hydrogen) atoms. The molecule has 0 aromatic rings. The smallest absolute Gasteiger partial charge is 0.409 e. The van der Waals surface area contributed by atoms with Crippen LogP contribution in [0.5, 0.6) is 0 Å². The molecule has 1 saturated carbocycles. The van der Waals surface area contributed by atoms with Crippen molar-refractivity contribution in [3.8, 4) is 0 Å². The summed E-state index contributed by atoms with van der Waals surface area (Å²) in [7, 11) is 1.43. The van der Waals surface area contributed by atoms with E-state index in [-0.39, 0.29) is 35.5 Å². The Morgan fingerprint density at radius 2 is 1.89 bits per heavy atom. The van der Waals surface area contributed by atoms with E-state index in [2.05, 4.69) is 36.4 Å². The standard InChI is InChI=1S/C20H38N4O3.HI/c1-6-8-13-27-17-14-16(20(17,3)4)23-18(21-7-2)22-15-9-11-24(12-10-15)19(25)26-5;/h15-17H,6-14H2,1-5H3,(H2,21,22,23);1H. The largest absolute Gasteiger partial charge is 0.453 e. The van der Waals surface area contributed by atoms with Gasteiger partial charge in [-0.1, -0.05) is 27.2 Å². The molecule has 0 aromatic carbocycles. The summed E-state index contributed by atoms with van der Waals surface area (Å²) in [6, 6.07) is 0.681. The van der Waals surface area contributed by atoms with Gasteiger partial charge in [-0.15, -0.1) is 24.0 Å². The lowest BCUT2D eigenvalue weighted by molar-refractivity contribution is -0.113. The Hall–Kier alpha value is -0.770. The summed E-state index contributed by atoms with van der Waals surface area (Å²) in [5, 5.41) is 7.17. The van der Waals surface area contributed by atoms with Crippen molar-refractivity contribution in [3.63, 3.8) is 0 Å². The first kappa shape index (κ1) is 25.3. The van der Waals surface area contributed by atoms with Crippen LogP contribution in [0.25, 0.3) is 0 Å². The molecule has 8 heteroatoms. The van der Waals surface area contributed by atoms with Crippen molar-refractivity contribution in [3.05, 3.63) is 0 Å². The maximum atomic E-state index is 11.6. The molecular formula is C20H39IN4O3. The van der Waals surface area contributed by atoms with Crippen LogP contribution >= 0.6 is 24.0 Å². The Morgan fingerprint density at radius 1 is 1.21 bits per heavy atom. The van der Waals surface area contributed by atoms with Gasteiger partial charge in [0, 0.05) is 43.7 Å². The second-order valence-corrected chi connectivity index (χ2v) is 8.17. The van der Waals surface area contributed by atoms with Crippen molar-refractivity contribution >= 4 is 36.0 Å². The zero-order valence-corrected chi connectivity index (χ0v) is 20.5. The number of likely N-dealkylation sites (tertiary alicyclic amines) is 1. The minimum Gasteiger partial charge on any atom is -0.453 e. The summed E-state index contributed by atoms with van der Waals surface area (Å²) < 4.78 is 10.9. The van der Waals surface area contributed by atoms with Gasteiger partial charge in [-0.2, -0.15) is 0 Å². The fourth-order valence-electron chi connectivity index (χ4n) is 3.77. The van der Waals surface area contributed by atoms with E-state index in [1.807, 2.05) is 6.92 Å². The molecule has 2 atom stereocenters. The highest BCUT2D eigenvalue weighted by Gasteiger charge is 2.49. The third kappa shape index (κ3) is 6.64. The average Bonchev–Trinajstić information content (AvgIpc) is 2.66. The van der Waals surface area contributed by atoms with Crippen LogP contribution in [0.1, 0.15) is 59.8 Å². The van der Waals surface area contributed by atoms with Crippen LogP contribution in [0.15, 0.2) is 4.99 Å². The minimum absolute atomic E-state index is 0. The van der Waals surface area contributed by atoms with E-state index in [9.17, 15) is 4.79 Å². The summed E-state index contributed by atoms with van der Waals surface area (Å²) in [4.78, 5) is 18.0. The van der Waals surface area contributed by atoms with Crippen molar-refractivity contribution in [1.29, 1.82) is 0 Å². The molecule has 1 amide bonds. The SMILES string of the molecule is CCCCOC1CC(NC(=NCC)NC2CCN(C(=O)OC)CC2)C1(C)C.I. The molecule has 1 aliphatic carbocycles. The molecule has 7 nitrogen and oxygen atoms in total. The number of aliphatic imine (C=N–C) groups is 1. The van der Waals surface area contributed by atoms with E-state index >= 15 is 0 Å². The van der Waals surface area contributed by atoms with Crippen LogP contribution in [0.4, 0.5) is 4.79 Å². The Morgan fingerprint density at radius 3 is 2.43 bits per heavy atom. The summed E-state index contributed by atoms with van der Waals surface area (Å²) in [5.74, 6) is 0.874. The molecule has 1 saturated heterocycles. The highest BCUT2D eigenvalue weighted by atomic mass is 127. The fourth-order valence-corrected chi connectivity index (χ4v) is 3.77. The number of hydrogen-bond donors (Lipinski definition) is 2. The average molecular weight is 510 g/mol. The van der Waals surface area contributed by atoms with Crippen molar-refractivity contribution in [1.82, 2.24) is 15.5 Å². The van der Waals surface area contributed by atoms with Gasteiger partial charge in [0.25, 0.3) is 0 Å². The van der Waals surface area contributed by atoms with Gasteiger partial charge in [0.15, 0.2) is 5.96 Å². The number of methoxy groups -OCH3 is 1. The number of carbonyl (C=O) groups excluding carboxylic acids is 1.